The van der Waals surface area contributed by atoms with Crippen molar-refractivity contribution in [2.24, 2.45) is 16.7 Å². The highest BCUT2D eigenvalue weighted by Crippen LogP contribution is 1.83. The second kappa shape index (κ2) is 4.87. The quantitative estimate of drug-likeness (QED) is 0.206. The molecule has 0 bridgehead atoms. The van der Waals surface area contributed by atoms with Crippen LogP contribution in [0.2, 0.25) is 0 Å². The first-order chi connectivity index (χ1) is 4.76. The number of nitrogens with zero attached hydrogens (tertiary/aromatic N) is 2. The average molecular weight is 145 g/mol. The molecule has 5 heteroatoms. The fourth-order valence-electron chi connectivity index (χ4n) is 0.684. The summed E-state index contributed by atoms with van der Waals surface area (Å²) < 4.78 is 0. The molecule has 0 saturated carbocycles. The van der Waals surface area contributed by atoms with Crippen molar-refractivity contribution in [2.75, 3.05) is 13.1 Å². The molecule has 0 aromatic heterocycles. The molecule has 60 valence electrons. The molecular formula is C5H15N5. The van der Waals surface area contributed by atoms with Gasteiger partial charge in [0.25, 0.3) is 0 Å². The predicted molar refractivity (Wildman–Crippen MR) is 41.9 cm³/mol. The maximum atomic E-state index is 5.48. The molecule has 0 aliphatic rings. The SMILES string of the molecule is CCN(CC)C(N)=NNN. The Morgan fingerprint density at radius 1 is 1.50 bits per heavy atom. The van der Waals surface area contributed by atoms with Crippen LogP contribution in [0.4, 0.5) is 0 Å². The molecule has 0 atom stereocenters. The number of hydrogen-bond acceptors (Lipinski definition) is 3. The van der Waals surface area contributed by atoms with Crippen molar-refractivity contribution in [3.8, 4) is 0 Å². The Hall–Kier alpha value is -0.970. The minimum atomic E-state index is 0.424. The average Bonchev–Trinajstić information content (AvgIpc) is 1.91. The fraction of sp³-hybridized carbons (Fsp3) is 0.800. The van der Waals surface area contributed by atoms with Crippen LogP contribution < -0.4 is 17.1 Å². The zero-order valence-electron chi connectivity index (χ0n) is 6.46. The smallest absolute Gasteiger partial charge is 0.215 e. The third-order valence-corrected chi connectivity index (χ3v) is 1.27. The van der Waals surface area contributed by atoms with E-state index in [0.29, 0.717) is 5.96 Å². The summed E-state index contributed by atoms with van der Waals surface area (Å²) >= 11 is 0. The molecule has 0 spiro atoms. The van der Waals surface area contributed by atoms with Crippen LogP contribution in [0.25, 0.3) is 0 Å². The number of guanidine groups is 1. The monoisotopic (exact) mass is 145 g/mol. The van der Waals surface area contributed by atoms with Crippen molar-refractivity contribution in [1.29, 1.82) is 0 Å². The Kier molecular flexibility index (Phi) is 4.39. The van der Waals surface area contributed by atoms with Gasteiger partial charge >= 0.3 is 0 Å². The van der Waals surface area contributed by atoms with Gasteiger partial charge in [-0.3, -0.25) is 0 Å². The van der Waals surface area contributed by atoms with E-state index in [2.05, 4.69) is 10.6 Å². The molecule has 0 saturated heterocycles. The molecule has 0 amide bonds. The van der Waals surface area contributed by atoms with Crippen molar-refractivity contribution in [3.05, 3.63) is 0 Å². The summed E-state index contributed by atoms with van der Waals surface area (Å²) in [5.74, 6) is 5.36. The highest BCUT2D eigenvalue weighted by molar-refractivity contribution is 5.77. The van der Waals surface area contributed by atoms with Crippen LogP contribution in [-0.2, 0) is 0 Å². The number of hydrazone groups is 1. The van der Waals surface area contributed by atoms with Gasteiger partial charge in [0.15, 0.2) is 0 Å². The van der Waals surface area contributed by atoms with Crippen LogP contribution in [0.3, 0.4) is 0 Å². The van der Waals surface area contributed by atoms with E-state index >= 15 is 0 Å². The van der Waals surface area contributed by atoms with Crippen LogP contribution >= 0.6 is 0 Å². The van der Waals surface area contributed by atoms with Crippen LogP contribution in [0.15, 0.2) is 5.10 Å². The second-order valence-corrected chi connectivity index (χ2v) is 1.77. The van der Waals surface area contributed by atoms with Crippen molar-refractivity contribution < 1.29 is 0 Å². The molecule has 0 heterocycles. The molecule has 0 aromatic rings. The largest absolute Gasteiger partial charge is 0.368 e. The zero-order valence-corrected chi connectivity index (χ0v) is 6.46. The zero-order chi connectivity index (χ0) is 7.98. The van der Waals surface area contributed by atoms with Gasteiger partial charge in [0.2, 0.25) is 5.96 Å². The Balaban J connectivity index is 3.87. The molecule has 0 radical (unpaired) electrons. The lowest BCUT2D eigenvalue weighted by atomic mass is 10.5. The molecule has 0 unspecified atom stereocenters. The molecule has 0 fully saturated rings. The first kappa shape index (κ1) is 9.03. The molecule has 0 aliphatic heterocycles. The van der Waals surface area contributed by atoms with Crippen LogP contribution in [-0.4, -0.2) is 23.9 Å². The van der Waals surface area contributed by atoms with E-state index in [1.54, 1.807) is 0 Å². The van der Waals surface area contributed by atoms with Gasteiger partial charge in [-0.05, 0) is 13.8 Å². The van der Waals surface area contributed by atoms with Gasteiger partial charge < -0.3 is 10.6 Å². The van der Waals surface area contributed by atoms with E-state index in [0.717, 1.165) is 13.1 Å². The normalized spacial score (nSPS) is 11.3. The van der Waals surface area contributed by atoms with Crippen molar-refractivity contribution in [2.45, 2.75) is 13.8 Å². The Morgan fingerprint density at radius 2 is 2.00 bits per heavy atom. The van der Waals surface area contributed by atoms with E-state index in [1.165, 1.54) is 0 Å². The minimum Gasteiger partial charge on any atom is -0.368 e. The summed E-state index contributed by atoms with van der Waals surface area (Å²) in [5.41, 5.74) is 7.62. The summed E-state index contributed by atoms with van der Waals surface area (Å²) in [6, 6.07) is 0. The first-order valence-electron chi connectivity index (χ1n) is 3.29. The van der Waals surface area contributed by atoms with Gasteiger partial charge in [-0.15, -0.1) is 5.10 Å². The molecule has 10 heavy (non-hydrogen) atoms. The summed E-state index contributed by atoms with van der Waals surface area (Å²) in [5, 5.41) is 3.61. The predicted octanol–water partition coefficient (Wildman–Crippen LogP) is -0.979. The van der Waals surface area contributed by atoms with Crippen molar-refractivity contribution >= 4 is 5.96 Å². The van der Waals surface area contributed by atoms with E-state index in [9.17, 15) is 0 Å². The van der Waals surface area contributed by atoms with Crippen LogP contribution in [0.5, 0.6) is 0 Å². The van der Waals surface area contributed by atoms with E-state index in [4.69, 9.17) is 11.6 Å². The fourth-order valence-corrected chi connectivity index (χ4v) is 0.684. The molecule has 0 aliphatic carbocycles. The highest BCUT2D eigenvalue weighted by Gasteiger charge is 1.99. The first-order valence-corrected chi connectivity index (χ1v) is 3.29. The summed E-state index contributed by atoms with van der Waals surface area (Å²) in [4.78, 5) is 1.89. The van der Waals surface area contributed by atoms with Crippen molar-refractivity contribution in [3.63, 3.8) is 0 Å². The van der Waals surface area contributed by atoms with E-state index < -0.39 is 0 Å². The Labute approximate surface area is 61.0 Å². The lowest BCUT2D eigenvalue weighted by molar-refractivity contribution is 0.455. The second-order valence-electron chi connectivity index (χ2n) is 1.77. The summed E-state index contributed by atoms with van der Waals surface area (Å²) in [6.07, 6.45) is 0. The summed E-state index contributed by atoms with van der Waals surface area (Å²) in [7, 11) is 0. The third kappa shape index (κ3) is 2.54. The Bertz CT molecular complexity index is 107. The van der Waals surface area contributed by atoms with Crippen molar-refractivity contribution in [1.82, 2.24) is 10.4 Å². The molecule has 5 nitrogen and oxygen atoms in total. The number of rotatable bonds is 3. The topological polar surface area (TPSA) is 79.7 Å². The van der Waals surface area contributed by atoms with Gasteiger partial charge in [0.05, 0.1) is 0 Å². The van der Waals surface area contributed by atoms with Gasteiger partial charge in [-0.1, -0.05) is 0 Å². The standard InChI is InChI=1S/C5H15N5/c1-3-10(4-2)5(6)8-9-7/h9H,3-4,7H2,1-2H3,(H2,6,8). The van der Waals surface area contributed by atoms with Gasteiger partial charge in [-0.2, -0.15) is 0 Å². The lowest BCUT2D eigenvalue weighted by Crippen LogP contribution is -2.39. The molecule has 0 rings (SSSR count). The highest BCUT2D eigenvalue weighted by atomic mass is 15.5. The molecule has 5 N–H and O–H groups in total. The van der Waals surface area contributed by atoms with Gasteiger partial charge in [-0.25, -0.2) is 11.4 Å². The van der Waals surface area contributed by atoms with E-state index in [1.807, 2.05) is 18.7 Å². The Morgan fingerprint density at radius 3 is 2.30 bits per heavy atom. The number of hydrazine groups is 1. The molecular weight excluding hydrogens is 130 g/mol. The van der Waals surface area contributed by atoms with Gasteiger partial charge in [0, 0.05) is 13.1 Å². The van der Waals surface area contributed by atoms with E-state index in [-0.39, 0.29) is 0 Å². The maximum absolute atomic E-state index is 5.48. The number of nitrogens with one attached hydrogen (secondary N) is 1. The third-order valence-electron chi connectivity index (χ3n) is 1.27. The van der Waals surface area contributed by atoms with Crippen LogP contribution in [0.1, 0.15) is 13.8 Å². The lowest BCUT2D eigenvalue weighted by Gasteiger charge is -2.18. The summed E-state index contributed by atoms with van der Waals surface area (Å²) in [6.45, 7) is 5.69. The maximum Gasteiger partial charge on any atom is 0.215 e. The minimum absolute atomic E-state index is 0.424. The molecule has 0 aromatic carbocycles. The van der Waals surface area contributed by atoms with Gasteiger partial charge in [0.1, 0.15) is 0 Å². The number of hydrogen-bond donors (Lipinski definition) is 3. The van der Waals surface area contributed by atoms with Crippen LogP contribution in [0, 0.1) is 0 Å². The number of nitrogens with two attached hydrogens (primary N) is 2.